The predicted molar refractivity (Wildman–Crippen MR) is 101 cm³/mol. The second-order valence-corrected chi connectivity index (χ2v) is 6.70. The molecular weight excluding hydrogens is 366 g/mol. The maximum Gasteiger partial charge on any atom is 0.325 e. The zero-order chi connectivity index (χ0) is 19.2. The van der Waals surface area contributed by atoms with Gasteiger partial charge in [-0.1, -0.05) is 41.6 Å². The van der Waals surface area contributed by atoms with Crippen LogP contribution < -0.4 is 5.32 Å². The van der Waals surface area contributed by atoms with Crippen molar-refractivity contribution in [1.29, 1.82) is 0 Å². The van der Waals surface area contributed by atoms with Crippen LogP contribution in [-0.4, -0.2) is 50.6 Å². The minimum atomic E-state index is -0.456. The van der Waals surface area contributed by atoms with Crippen LogP contribution in [0, 0.1) is 6.92 Å². The first-order valence-corrected chi connectivity index (χ1v) is 9.40. The average Bonchev–Trinajstić information content (AvgIpc) is 3.09. The molecule has 8 nitrogen and oxygen atoms in total. The molecule has 0 bridgehead atoms. The van der Waals surface area contributed by atoms with Crippen LogP contribution in [0.1, 0.15) is 12.5 Å². The summed E-state index contributed by atoms with van der Waals surface area (Å²) in [5, 5.41) is 16.0. The van der Waals surface area contributed by atoms with Crippen LogP contribution in [0.15, 0.2) is 41.4 Å². The highest BCUT2D eigenvalue weighted by Gasteiger charge is 2.12. The number of fused-ring (bicyclic) bond motifs is 1. The summed E-state index contributed by atoms with van der Waals surface area (Å²) in [6, 6.07) is 11.5. The molecule has 27 heavy (non-hydrogen) atoms. The van der Waals surface area contributed by atoms with Gasteiger partial charge in [0.2, 0.25) is 5.91 Å². The van der Waals surface area contributed by atoms with Crippen molar-refractivity contribution in [3.8, 4) is 11.4 Å². The summed E-state index contributed by atoms with van der Waals surface area (Å²) in [5.41, 5.74) is 2.70. The maximum absolute atomic E-state index is 11.9. The summed E-state index contributed by atoms with van der Waals surface area (Å²) in [6.45, 7) is 3.89. The monoisotopic (exact) mass is 385 g/mol. The molecule has 140 valence electrons. The minimum Gasteiger partial charge on any atom is -0.465 e. The number of aromatic nitrogens is 4. The number of amides is 1. The van der Waals surface area contributed by atoms with Gasteiger partial charge in [0.15, 0.2) is 11.5 Å². The smallest absolute Gasteiger partial charge is 0.325 e. The Kier molecular flexibility index (Phi) is 6.02. The molecule has 0 aliphatic carbocycles. The van der Waals surface area contributed by atoms with Crippen molar-refractivity contribution in [3.05, 3.63) is 42.0 Å². The van der Waals surface area contributed by atoms with Gasteiger partial charge in [-0.25, -0.2) is 0 Å². The highest BCUT2D eigenvalue weighted by atomic mass is 32.2. The Bertz CT molecular complexity index is 955. The lowest BCUT2D eigenvalue weighted by Gasteiger charge is -2.05. The number of hydrogen-bond acceptors (Lipinski definition) is 7. The van der Waals surface area contributed by atoms with E-state index in [0.29, 0.717) is 16.5 Å². The first-order valence-electron chi connectivity index (χ1n) is 8.41. The fourth-order valence-electron chi connectivity index (χ4n) is 2.30. The molecule has 0 fully saturated rings. The van der Waals surface area contributed by atoms with E-state index in [1.165, 1.54) is 11.8 Å². The molecule has 0 saturated heterocycles. The first kappa shape index (κ1) is 18.8. The highest BCUT2D eigenvalue weighted by molar-refractivity contribution is 7.99. The predicted octanol–water partition coefficient (Wildman–Crippen LogP) is 1.87. The number of carbonyl (C=O) groups is 2. The Hall–Kier alpha value is -2.94. The number of ether oxygens (including phenoxy) is 1. The van der Waals surface area contributed by atoms with Crippen LogP contribution in [0.3, 0.4) is 0 Å². The van der Waals surface area contributed by atoms with Gasteiger partial charge >= 0.3 is 5.97 Å². The van der Waals surface area contributed by atoms with Crippen molar-refractivity contribution in [2.24, 2.45) is 0 Å². The zero-order valence-electron chi connectivity index (χ0n) is 15.0. The van der Waals surface area contributed by atoms with Gasteiger partial charge in [0.25, 0.3) is 0 Å². The Labute approximate surface area is 160 Å². The second-order valence-electron chi connectivity index (χ2n) is 5.70. The molecule has 0 spiro atoms. The topological polar surface area (TPSA) is 98.5 Å². The van der Waals surface area contributed by atoms with Crippen LogP contribution in [0.4, 0.5) is 0 Å². The van der Waals surface area contributed by atoms with Crippen molar-refractivity contribution in [2.75, 3.05) is 18.9 Å². The fraction of sp³-hybridized carbons (Fsp3) is 0.278. The minimum absolute atomic E-state index is 0.136. The van der Waals surface area contributed by atoms with E-state index in [9.17, 15) is 9.59 Å². The Balaban J connectivity index is 1.67. The van der Waals surface area contributed by atoms with E-state index in [0.717, 1.165) is 11.1 Å². The second kappa shape index (κ2) is 8.63. The largest absolute Gasteiger partial charge is 0.465 e. The van der Waals surface area contributed by atoms with Gasteiger partial charge in [0, 0.05) is 5.56 Å². The third-order valence-corrected chi connectivity index (χ3v) is 4.55. The molecule has 9 heteroatoms. The van der Waals surface area contributed by atoms with Crippen LogP contribution in [0.2, 0.25) is 0 Å². The van der Waals surface area contributed by atoms with Crippen LogP contribution in [0.25, 0.3) is 17.0 Å². The van der Waals surface area contributed by atoms with E-state index in [1.807, 2.05) is 31.2 Å². The van der Waals surface area contributed by atoms with Gasteiger partial charge < -0.3 is 10.1 Å². The number of benzene rings is 1. The lowest BCUT2D eigenvalue weighted by atomic mass is 10.1. The Morgan fingerprint density at radius 2 is 1.93 bits per heavy atom. The molecule has 2 aromatic heterocycles. The Morgan fingerprint density at radius 1 is 1.15 bits per heavy atom. The standard InChI is InChI=1S/C18H19N5O3S/c1-3-26-17(25)10-19-15(24)11-27-16-9-8-14-20-21-18(23(14)22-16)13-6-4-12(2)5-7-13/h4-9H,3,10-11H2,1-2H3,(H,19,24). The molecule has 1 aromatic carbocycles. The summed E-state index contributed by atoms with van der Waals surface area (Å²) in [5.74, 6) is 0.0548. The lowest BCUT2D eigenvalue weighted by Crippen LogP contribution is -2.31. The molecule has 0 aliphatic heterocycles. The number of esters is 1. The number of rotatable bonds is 7. The zero-order valence-corrected chi connectivity index (χ0v) is 15.8. The number of aryl methyl sites for hydroxylation is 1. The molecule has 0 atom stereocenters. The molecule has 0 saturated carbocycles. The molecule has 2 heterocycles. The fourth-order valence-corrected chi connectivity index (χ4v) is 2.99. The summed E-state index contributed by atoms with van der Waals surface area (Å²) in [7, 11) is 0. The third kappa shape index (κ3) is 4.82. The highest BCUT2D eigenvalue weighted by Crippen LogP contribution is 2.21. The number of thioether (sulfide) groups is 1. The van der Waals surface area contributed by atoms with Gasteiger partial charge in [-0.3, -0.25) is 9.59 Å². The van der Waals surface area contributed by atoms with Gasteiger partial charge in [0.05, 0.1) is 12.4 Å². The normalized spacial score (nSPS) is 10.7. The number of nitrogens with zero attached hydrogens (tertiary/aromatic N) is 4. The van der Waals surface area contributed by atoms with Gasteiger partial charge in [-0.05, 0) is 26.0 Å². The van der Waals surface area contributed by atoms with Crippen LogP contribution in [-0.2, 0) is 14.3 Å². The number of nitrogens with one attached hydrogen (secondary N) is 1. The van der Waals surface area contributed by atoms with Crippen molar-refractivity contribution in [2.45, 2.75) is 18.9 Å². The summed E-state index contributed by atoms with van der Waals surface area (Å²) >= 11 is 1.27. The molecular formula is C18H19N5O3S. The van der Waals surface area contributed by atoms with Crippen molar-refractivity contribution in [1.82, 2.24) is 25.1 Å². The summed E-state index contributed by atoms with van der Waals surface area (Å²) in [6.07, 6.45) is 0. The maximum atomic E-state index is 11.9. The van der Waals surface area contributed by atoms with Crippen LogP contribution >= 0.6 is 11.8 Å². The average molecular weight is 385 g/mol. The molecule has 1 amide bonds. The van der Waals surface area contributed by atoms with E-state index in [-0.39, 0.29) is 24.8 Å². The molecule has 3 rings (SSSR count). The van der Waals surface area contributed by atoms with Crippen molar-refractivity contribution < 1.29 is 14.3 Å². The van der Waals surface area contributed by atoms with Crippen molar-refractivity contribution >= 4 is 29.3 Å². The van der Waals surface area contributed by atoms with E-state index < -0.39 is 5.97 Å². The van der Waals surface area contributed by atoms with Crippen LogP contribution in [0.5, 0.6) is 0 Å². The van der Waals surface area contributed by atoms with E-state index in [1.54, 1.807) is 23.6 Å². The van der Waals surface area contributed by atoms with Crippen molar-refractivity contribution in [3.63, 3.8) is 0 Å². The molecule has 1 N–H and O–H groups in total. The van der Waals surface area contributed by atoms with Gasteiger partial charge in [0.1, 0.15) is 11.6 Å². The number of hydrogen-bond donors (Lipinski definition) is 1. The Morgan fingerprint density at radius 3 is 2.67 bits per heavy atom. The quantitative estimate of drug-likeness (QED) is 0.490. The SMILES string of the molecule is CCOC(=O)CNC(=O)CSc1ccc2nnc(-c3ccc(C)cc3)n2n1. The van der Waals surface area contributed by atoms with Gasteiger partial charge in [-0.2, -0.15) is 9.61 Å². The summed E-state index contributed by atoms with van der Waals surface area (Å²) < 4.78 is 6.42. The molecule has 3 aromatic rings. The number of carbonyl (C=O) groups excluding carboxylic acids is 2. The lowest BCUT2D eigenvalue weighted by molar-refractivity contribution is -0.143. The van der Waals surface area contributed by atoms with E-state index in [4.69, 9.17) is 4.74 Å². The van der Waals surface area contributed by atoms with Gasteiger partial charge in [-0.15, -0.1) is 10.2 Å². The third-order valence-electron chi connectivity index (χ3n) is 3.63. The molecule has 0 aliphatic rings. The first-order chi connectivity index (χ1) is 13.1. The molecule has 0 radical (unpaired) electrons. The summed E-state index contributed by atoms with van der Waals surface area (Å²) in [4.78, 5) is 23.1. The molecule has 0 unspecified atom stereocenters. The van der Waals surface area contributed by atoms with E-state index >= 15 is 0 Å². The van der Waals surface area contributed by atoms with E-state index in [2.05, 4.69) is 20.6 Å².